The Labute approximate surface area is 168 Å². The lowest BCUT2D eigenvalue weighted by molar-refractivity contribution is 0.0908. The number of carbonyl (C=O) groups excluding carboxylic acids is 2. The summed E-state index contributed by atoms with van der Waals surface area (Å²) in [5, 5.41) is 21.0. The number of nitrogens with one attached hydrogen (secondary N) is 1. The molecule has 2 aromatic rings. The lowest BCUT2D eigenvalue weighted by Gasteiger charge is -2.29. The highest BCUT2D eigenvalue weighted by Gasteiger charge is 2.47. The van der Waals surface area contributed by atoms with Crippen molar-refractivity contribution in [3.63, 3.8) is 0 Å². The van der Waals surface area contributed by atoms with Gasteiger partial charge in [0, 0.05) is 6.20 Å². The van der Waals surface area contributed by atoms with Crippen LogP contribution in [-0.2, 0) is 5.54 Å². The Balaban J connectivity index is 1.57. The number of rotatable bonds is 6. The molecule has 0 radical (unpaired) electrons. The van der Waals surface area contributed by atoms with Gasteiger partial charge in [-0.1, -0.05) is 24.5 Å². The SMILES string of the molecule is N#CC1(n2cc([C@@H](NC(=O)c3ccc(C(N)=O)nc3)C3CCCCC3)nn2)CC1. The van der Waals surface area contributed by atoms with E-state index in [-0.39, 0.29) is 23.6 Å². The van der Waals surface area contributed by atoms with E-state index in [1.165, 1.54) is 24.8 Å². The molecule has 2 fully saturated rings. The summed E-state index contributed by atoms with van der Waals surface area (Å²) in [5.74, 6) is -0.673. The highest BCUT2D eigenvalue weighted by atomic mass is 16.2. The van der Waals surface area contributed by atoms with Crippen LogP contribution >= 0.6 is 0 Å². The highest BCUT2D eigenvalue weighted by molar-refractivity contribution is 5.95. The third-order valence-corrected chi connectivity index (χ3v) is 5.89. The van der Waals surface area contributed by atoms with Crippen molar-refractivity contribution in [3.05, 3.63) is 41.5 Å². The predicted octanol–water partition coefficient (Wildman–Crippen LogP) is 1.84. The van der Waals surface area contributed by atoms with Gasteiger partial charge in [0.1, 0.15) is 11.4 Å². The second kappa shape index (κ2) is 7.62. The number of aromatic nitrogens is 4. The largest absolute Gasteiger partial charge is 0.364 e. The summed E-state index contributed by atoms with van der Waals surface area (Å²) >= 11 is 0. The molecule has 9 nitrogen and oxygen atoms in total. The van der Waals surface area contributed by atoms with E-state index in [4.69, 9.17) is 5.73 Å². The first-order valence-corrected chi connectivity index (χ1v) is 9.93. The first-order valence-electron chi connectivity index (χ1n) is 9.93. The fraction of sp³-hybridized carbons (Fsp3) is 0.500. The average Bonchev–Trinajstić information content (AvgIpc) is 3.41. The van der Waals surface area contributed by atoms with Gasteiger partial charge in [-0.2, -0.15) is 5.26 Å². The Hall–Kier alpha value is -3.28. The molecule has 2 heterocycles. The minimum atomic E-state index is -0.639. The second-order valence-electron chi connectivity index (χ2n) is 7.88. The zero-order valence-corrected chi connectivity index (χ0v) is 16.0. The number of nitriles is 1. The molecule has 29 heavy (non-hydrogen) atoms. The van der Waals surface area contributed by atoms with Gasteiger partial charge in [0.05, 0.1) is 23.9 Å². The van der Waals surface area contributed by atoms with E-state index in [9.17, 15) is 14.9 Å². The van der Waals surface area contributed by atoms with Crippen LogP contribution in [0.3, 0.4) is 0 Å². The molecule has 3 N–H and O–H groups in total. The predicted molar refractivity (Wildman–Crippen MR) is 102 cm³/mol. The number of carbonyl (C=O) groups is 2. The Morgan fingerprint density at radius 1 is 1.28 bits per heavy atom. The molecule has 0 aromatic carbocycles. The van der Waals surface area contributed by atoms with E-state index in [0.29, 0.717) is 11.3 Å². The van der Waals surface area contributed by atoms with E-state index < -0.39 is 11.4 Å². The van der Waals surface area contributed by atoms with Crippen molar-refractivity contribution in [2.75, 3.05) is 0 Å². The molecule has 9 heteroatoms. The number of nitrogens with zero attached hydrogens (tertiary/aromatic N) is 5. The molecule has 2 saturated carbocycles. The van der Waals surface area contributed by atoms with Gasteiger partial charge < -0.3 is 11.1 Å². The van der Waals surface area contributed by atoms with Gasteiger partial charge in [-0.15, -0.1) is 5.10 Å². The smallest absolute Gasteiger partial charge is 0.267 e. The maximum absolute atomic E-state index is 12.8. The van der Waals surface area contributed by atoms with Gasteiger partial charge >= 0.3 is 0 Å². The lowest BCUT2D eigenvalue weighted by atomic mass is 9.82. The summed E-state index contributed by atoms with van der Waals surface area (Å²) in [6.07, 6.45) is 10.1. The first-order chi connectivity index (χ1) is 14.0. The number of pyridine rings is 1. The Morgan fingerprint density at radius 3 is 2.62 bits per heavy atom. The monoisotopic (exact) mass is 393 g/mol. The minimum Gasteiger partial charge on any atom is -0.364 e. The maximum Gasteiger partial charge on any atom is 0.267 e. The molecule has 2 aromatic heterocycles. The van der Waals surface area contributed by atoms with Crippen LogP contribution in [0, 0.1) is 17.2 Å². The van der Waals surface area contributed by atoms with Crippen LogP contribution in [-0.4, -0.2) is 31.8 Å². The van der Waals surface area contributed by atoms with Gasteiger partial charge in [0.2, 0.25) is 0 Å². The maximum atomic E-state index is 12.8. The zero-order chi connectivity index (χ0) is 20.4. The molecule has 0 aliphatic heterocycles. The van der Waals surface area contributed by atoms with Gasteiger partial charge in [0.15, 0.2) is 5.54 Å². The molecule has 2 aliphatic rings. The molecular weight excluding hydrogens is 370 g/mol. The van der Waals surface area contributed by atoms with Crippen molar-refractivity contribution < 1.29 is 9.59 Å². The van der Waals surface area contributed by atoms with Gasteiger partial charge in [-0.3, -0.25) is 14.6 Å². The first kappa shape index (κ1) is 19.1. The summed E-state index contributed by atoms with van der Waals surface area (Å²) < 4.78 is 1.63. The number of hydrogen-bond acceptors (Lipinski definition) is 6. The average molecular weight is 393 g/mol. The van der Waals surface area contributed by atoms with Crippen LogP contribution in [0.15, 0.2) is 24.5 Å². The topological polar surface area (TPSA) is 140 Å². The Morgan fingerprint density at radius 2 is 2.03 bits per heavy atom. The molecule has 2 amide bonds. The normalized spacial score (nSPS) is 19.1. The second-order valence-corrected chi connectivity index (χ2v) is 7.88. The third kappa shape index (κ3) is 3.83. The molecule has 0 saturated heterocycles. The molecule has 1 atom stereocenters. The van der Waals surface area contributed by atoms with Crippen molar-refractivity contribution in [1.29, 1.82) is 5.26 Å². The summed E-state index contributed by atoms with van der Waals surface area (Å²) in [5.41, 5.74) is 5.75. The van der Waals surface area contributed by atoms with E-state index in [2.05, 4.69) is 26.7 Å². The molecule has 4 rings (SSSR count). The van der Waals surface area contributed by atoms with Crippen LogP contribution < -0.4 is 11.1 Å². The summed E-state index contributed by atoms with van der Waals surface area (Å²) in [6.45, 7) is 0. The van der Waals surface area contributed by atoms with Crippen molar-refractivity contribution in [2.45, 2.75) is 56.5 Å². The fourth-order valence-corrected chi connectivity index (χ4v) is 3.94. The zero-order valence-electron chi connectivity index (χ0n) is 16.0. The van der Waals surface area contributed by atoms with Crippen LogP contribution in [0.2, 0.25) is 0 Å². The van der Waals surface area contributed by atoms with Gasteiger partial charge in [-0.05, 0) is 43.7 Å². The van der Waals surface area contributed by atoms with Gasteiger partial charge in [0.25, 0.3) is 11.8 Å². The molecular formula is C20H23N7O2. The highest BCUT2D eigenvalue weighted by Crippen LogP contribution is 2.42. The summed E-state index contributed by atoms with van der Waals surface area (Å²) in [6, 6.07) is 4.99. The summed E-state index contributed by atoms with van der Waals surface area (Å²) in [7, 11) is 0. The standard InChI is InChI=1S/C20H23N7O2/c21-12-20(8-9-20)27-11-16(25-26-27)17(13-4-2-1-3-5-13)24-19(29)14-6-7-15(18(22)28)23-10-14/h6-7,10-11,13,17H,1-5,8-9H2,(H2,22,28)(H,24,29)/t17-/m0/s1. The Bertz CT molecular complexity index is 950. The number of primary amides is 1. The van der Waals surface area contributed by atoms with E-state index in [1.807, 2.05) is 0 Å². The molecule has 0 spiro atoms. The third-order valence-electron chi connectivity index (χ3n) is 5.89. The van der Waals surface area contributed by atoms with Crippen LogP contribution in [0.1, 0.15) is 77.5 Å². The molecule has 0 unspecified atom stereocenters. The van der Waals surface area contributed by atoms with Crippen molar-refractivity contribution in [2.24, 2.45) is 11.7 Å². The number of amides is 2. The molecule has 2 aliphatic carbocycles. The van der Waals surface area contributed by atoms with E-state index in [0.717, 1.165) is 38.5 Å². The fourth-order valence-electron chi connectivity index (χ4n) is 3.94. The van der Waals surface area contributed by atoms with Crippen LogP contribution in [0.4, 0.5) is 0 Å². The van der Waals surface area contributed by atoms with Crippen LogP contribution in [0.25, 0.3) is 0 Å². The van der Waals surface area contributed by atoms with Crippen LogP contribution in [0.5, 0.6) is 0 Å². The molecule has 150 valence electrons. The Kier molecular flexibility index (Phi) is 5.01. The van der Waals surface area contributed by atoms with Crippen molar-refractivity contribution in [3.8, 4) is 6.07 Å². The quantitative estimate of drug-likeness (QED) is 0.767. The summed E-state index contributed by atoms with van der Waals surface area (Å²) in [4.78, 5) is 28.0. The number of hydrogen-bond donors (Lipinski definition) is 2. The van der Waals surface area contributed by atoms with Crippen molar-refractivity contribution >= 4 is 11.8 Å². The minimum absolute atomic E-state index is 0.111. The number of nitrogens with two attached hydrogens (primary N) is 1. The molecule has 0 bridgehead atoms. The van der Waals surface area contributed by atoms with Gasteiger partial charge in [-0.25, -0.2) is 4.68 Å². The lowest BCUT2D eigenvalue weighted by Crippen LogP contribution is -2.35. The van der Waals surface area contributed by atoms with E-state index in [1.54, 1.807) is 10.9 Å². The van der Waals surface area contributed by atoms with E-state index >= 15 is 0 Å². The van der Waals surface area contributed by atoms with Crippen molar-refractivity contribution in [1.82, 2.24) is 25.3 Å².